The molecule has 9 nitrogen and oxygen atoms in total. The number of aromatic nitrogens is 4. The molecule has 0 saturated heterocycles. The first-order valence-electron chi connectivity index (χ1n) is 4.58. The minimum atomic E-state index is -1.51. The third-order valence-corrected chi connectivity index (χ3v) is 1.66. The van der Waals surface area contributed by atoms with Gasteiger partial charge >= 0.3 is 5.97 Å². The quantitative estimate of drug-likeness (QED) is 0.507. The van der Waals surface area contributed by atoms with Gasteiger partial charge < -0.3 is 25.7 Å². The summed E-state index contributed by atoms with van der Waals surface area (Å²) in [5.41, 5.74) is 6.98. The van der Waals surface area contributed by atoms with Gasteiger partial charge in [0.25, 0.3) is 5.65 Å². The summed E-state index contributed by atoms with van der Waals surface area (Å²) < 4.78 is 0. The highest BCUT2D eigenvalue weighted by Crippen LogP contribution is 2.06. The van der Waals surface area contributed by atoms with Crippen LogP contribution in [0.1, 0.15) is 0 Å². The second-order valence-corrected chi connectivity index (χ2v) is 2.90. The summed E-state index contributed by atoms with van der Waals surface area (Å²) in [6.07, 6.45) is 4.02. The van der Waals surface area contributed by atoms with Crippen molar-refractivity contribution >= 4 is 28.9 Å². The van der Waals surface area contributed by atoms with Gasteiger partial charge in [-0.05, 0) is 6.08 Å². The number of aliphatic carboxylic acids is 2. The second-order valence-electron chi connectivity index (χ2n) is 2.90. The molecular weight excluding hydrogens is 242 g/mol. The molecule has 5 N–H and O–H groups in total. The fraction of sp³-hybridized carbons (Fsp3) is 0. The Bertz CT molecular complexity index is 575. The molecule has 0 aromatic carbocycles. The summed E-state index contributed by atoms with van der Waals surface area (Å²) in [6, 6.07) is 0. The van der Waals surface area contributed by atoms with Crippen LogP contribution in [0.2, 0.25) is 0 Å². The summed E-state index contributed by atoms with van der Waals surface area (Å²) in [5, 5.41) is 17.2. The largest absolute Gasteiger partial charge is 0.545 e. The van der Waals surface area contributed by atoms with E-state index in [2.05, 4.69) is 19.9 Å². The lowest BCUT2D eigenvalue weighted by molar-refractivity contribution is -0.352. The van der Waals surface area contributed by atoms with E-state index in [-0.39, 0.29) is 0 Å². The fourth-order valence-electron chi connectivity index (χ4n) is 0.966. The maximum Gasteiger partial charge on any atom is 0.328 e. The van der Waals surface area contributed by atoms with Gasteiger partial charge in [0.1, 0.15) is 0 Å². The Morgan fingerprint density at radius 1 is 1.44 bits per heavy atom. The lowest BCUT2D eigenvalue weighted by Crippen LogP contribution is -2.19. The number of imidazole rings is 1. The Kier molecular flexibility index (Phi) is 4.32. The van der Waals surface area contributed by atoms with Crippen molar-refractivity contribution in [3.05, 3.63) is 24.8 Å². The number of anilines is 1. The molecule has 0 spiro atoms. The van der Waals surface area contributed by atoms with Crippen LogP contribution in [0, 0.1) is 0 Å². The number of H-pyrrole nitrogens is 2. The summed E-state index contributed by atoms with van der Waals surface area (Å²) in [7, 11) is 0. The van der Waals surface area contributed by atoms with Crippen LogP contribution in [0.5, 0.6) is 0 Å². The summed E-state index contributed by atoms with van der Waals surface area (Å²) in [4.78, 5) is 32.4. The predicted molar refractivity (Wildman–Crippen MR) is 56.6 cm³/mol. The number of carbonyl (C=O) groups excluding carboxylic acids is 1. The molecule has 0 aliphatic rings. The molecule has 2 rings (SSSR count). The zero-order valence-corrected chi connectivity index (χ0v) is 8.95. The first-order valence-corrected chi connectivity index (χ1v) is 4.58. The molecule has 0 saturated carbocycles. The van der Waals surface area contributed by atoms with E-state index in [4.69, 9.17) is 10.8 Å². The third-order valence-electron chi connectivity index (χ3n) is 1.66. The number of nitrogens with zero attached hydrogens (tertiary/aromatic N) is 2. The Morgan fingerprint density at radius 3 is 2.67 bits per heavy atom. The van der Waals surface area contributed by atoms with Crippen LogP contribution in [0.4, 0.5) is 5.82 Å². The van der Waals surface area contributed by atoms with Gasteiger partial charge in [0.2, 0.25) is 12.1 Å². The molecule has 0 fully saturated rings. The minimum absolute atomic E-state index is 0.447. The van der Waals surface area contributed by atoms with Gasteiger partial charge in [-0.2, -0.15) is 0 Å². The van der Waals surface area contributed by atoms with Crippen LogP contribution >= 0.6 is 0 Å². The normalized spacial score (nSPS) is 10.0. The topological polar surface area (TPSA) is 159 Å². The first kappa shape index (κ1) is 13.1. The lowest BCUT2D eigenvalue weighted by atomic mass is 10.5. The number of carboxylic acid groups (broad SMARTS) is 2. The fourth-order valence-corrected chi connectivity index (χ4v) is 0.966. The van der Waals surface area contributed by atoms with Crippen molar-refractivity contribution in [2.75, 3.05) is 5.73 Å². The number of nitrogens with two attached hydrogens (primary N) is 1. The van der Waals surface area contributed by atoms with E-state index in [1.165, 1.54) is 6.33 Å². The van der Waals surface area contributed by atoms with Crippen molar-refractivity contribution in [2.24, 2.45) is 0 Å². The van der Waals surface area contributed by atoms with Gasteiger partial charge in [-0.3, -0.25) is 0 Å². The molecule has 2 aromatic rings. The molecule has 2 aromatic heterocycles. The zero-order chi connectivity index (χ0) is 13.5. The molecule has 0 radical (unpaired) electrons. The average Bonchev–Trinajstić information content (AvgIpc) is 2.77. The van der Waals surface area contributed by atoms with E-state index in [1.807, 2.05) is 0 Å². The molecule has 94 valence electrons. The van der Waals surface area contributed by atoms with Gasteiger partial charge in [-0.15, -0.1) is 0 Å². The molecule has 0 aliphatic heterocycles. The van der Waals surface area contributed by atoms with Crippen LogP contribution in [0.3, 0.4) is 0 Å². The van der Waals surface area contributed by atoms with Crippen molar-refractivity contribution in [1.82, 2.24) is 15.0 Å². The van der Waals surface area contributed by atoms with Crippen molar-refractivity contribution in [3.8, 4) is 0 Å². The average molecular weight is 251 g/mol. The van der Waals surface area contributed by atoms with Gasteiger partial charge in [-0.25, -0.2) is 9.78 Å². The summed E-state index contributed by atoms with van der Waals surface area (Å²) >= 11 is 0. The van der Waals surface area contributed by atoms with Crippen LogP contribution < -0.4 is 15.8 Å². The van der Waals surface area contributed by atoms with Crippen LogP contribution in [-0.2, 0) is 9.59 Å². The van der Waals surface area contributed by atoms with E-state index in [0.717, 1.165) is 11.2 Å². The number of carbonyl (C=O) groups is 2. The zero-order valence-electron chi connectivity index (χ0n) is 8.95. The van der Waals surface area contributed by atoms with E-state index >= 15 is 0 Å². The molecule has 0 unspecified atom stereocenters. The van der Waals surface area contributed by atoms with Crippen molar-refractivity contribution in [2.45, 2.75) is 0 Å². The number of nitrogen functional groups attached to an aromatic ring is 1. The second kappa shape index (κ2) is 5.94. The summed E-state index contributed by atoms with van der Waals surface area (Å²) in [6.45, 7) is 0. The van der Waals surface area contributed by atoms with Crippen molar-refractivity contribution in [1.29, 1.82) is 0 Å². The van der Waals surface area contributed by atoms with Gasteiger partial charge in [0.05, 0.1) is 5.97 Å². The minimum Gasteiger partial charge on any atom is -0.545 e. The molecule has 9 heteroatoms. The summed E-state index contributed by atoms with van der Waals surface area (Å²) in [5.74, 6) is -2.34. The van der Waals surface area contributed by atoms with Gasteiger partial charge in [-0.1, -0.05) is 9.97 Å². The lowest BCUT2D eigenvalue weighted by Gasteiger charge is -1.85. The molecular formula is C9H9N5O4. The highest BCUT2D eigenvalue weighted by atomic mass is 16.4. The smallest absolute Gasteiger partial charge is 0.328 e. The van der Waals surface area contributed by atoms with Crippen molar-refractivity contribution in [3.63, 3.8) is 0 Å². The molecule has 2 heterocycles. The molecule has 0 atom stereocenters. The Hall–Kier alpha value is -2.97. The third kappa shape index (κ3) is 3.89. The van der Waals surface area contributed by atoms with Gasteiger partial charge in [0.15, 0.2) is 11.8 Å². The van der Waals surface area contributed by atoms with E-state index in [0.29, 0.717) is 18.0 Å². The first-order chi connectivity index (χ1) is 8.50. The van der Waals surface area contributed by atoms with Crippen LogP contribution in [0.15, 0.2) is 24.8 Å². The van der Waals surface area contributed by atoms with E-state index in [9.17, 15) is 14.7 Å². The highest BCUT2D eigenvalue weighted by Gasteiger charge is 2.06. The SMILES string of the molecule is Nc1nc[nH+]c2nc[nH]c12.O=C([O-])/C=C/C(=O)O. The maximum atomic E-state index is 9.53. The number of hydrogen-bond acceptors (Lipinski definition) is 6. The van der Waals surface area contributed by atoms with E-state index < -0.39 is 11.9 Å². The Morgan fingerprint density at radius 2 is 2.17 bits per heavy atom. The van der Waals surface area contributed by atoms with Crippen LogP contribution in [0.25, 0.3) is 11.2 Å². The van der Waals surface area contributed by atoms with Gasteiger partial charge in [0, 0.05) is 6.08 Å². The van der Waals surface area contributed by atoms with E-state index in [1.54, 1.807) is 6.33 Å². The molecule has 18 heavy (non-hydrogen) atoms. The monoisotopic (exact) mass is 251 g/mol. The molecule has 0 aliphatic carbocycles. The Balaban J connectivity index is 0.000000187. The molecule has 0 bridgehead atoms. The number of aromatic amines is 2. The number of hydrogen-bond donors (Lipinski definition) is 3. The number of carboxylic acids is 2. The Labute approximate surface area is 100 Å². The highest BCUT2D eigenvalue weighted by molar-refractivity contribution is 5.88. The number of nitrogens with one attached hydrogen (secondary N) is 2. The van der Waals surface area contributed by atoms with Crippen molar-refractivity contribution < 1.29 is 24.8 Å². The molecule has 0 amide bonds. The standard InChI is InChI=1S/C5H5N5.C4H4O4/c6-4-3-5(9-1-7-3)10-2-8-4;5-3(6)1-2-4(7)8/h1-2H,(H3,6,7,8,9,10);1-2H,(H,5,6)(H,7,8)/b;2-1+. The number of fused-ring (bicyclic) bond motifs is 1. The van der Waals surface area contributed by atoms with Crippen LogP contribution in [-0.4, -0.2) is 32.0 Å². The maximum absolute atomic E-state index is 9.53. The predicted octanol–water partition coefficient (Wildman–Crippen LogP) is -2.27. The number of rotatable bonds is 2.